The lowest BCUT2D eigenvalue weighted by Crippen LogP contribution is -2.23. The molecule has 23 heavy (non-hydrogen) atoms. The molecule has 0 N–H and O–H groups in total. The fourth-order valence-corrected chi connectivity index (χ4v) is 3.42. The average Bonchev–Trinajstić information content (AvgIpc) is 2.98. The highest BCUT2D eigenvalue weighted by molar-refractivity contribution is 7.20. The van der Waals surface area contributed by atoms with Crippen LogP contribution in [0.15, 0.2) is 48.5 Å². The summed E-state index contributed by atoms with van der Waals surface area (Å²) in [4.78, 5) is 6.95. The summed E-state index contributed by atoms with van der Waals surface area (Å²) in [5, 5.41) is 0.695. The number of rotatable bonds is 7. The predicted octanol–water partition coefficient (Wildman–Crippen LogP) is 5.32. The van der Waals surface area contributed by atoms with Crippen molar-refractivity contribution in [3.05, 3.63) is 54.1 Å². The van der Waals surface area contributed by atoms with Crippen LogP contribution in [0.3, 0.4) is 0 Å². The van der Waals surface area contributed by atoms with Gasteiger partial charge in [0.25, 0.3) is 5.19 Å². The maximum atomic E-state index is 5.89. The van der Waals surface area contributed by atoms with Crippen molar-refractivity contribution in [1.82, 2.24) is 9.88 Å². The Bertz CT molecular complexity index is 718. The lowest BCUT2D eigenvalue weighted by Gasteiger charge is -2.19. The third-order valence-corrected chi connectivity index (χ3v) is 4.71. The van der Waals surface area contributed by atoms with Gasteiger partial charge in [-0.25, -0.2) is 4.98 Å². The van der Waals surface area contributed by atoms with E-state index in [0.29, 0.717) is 5.19 Å². The molecule has 4 heteroatoms. The minimum Gasteiger partial charge on any atom is -0.431 e. The van der Waals surface area contributed by atoms with Gasteiger partial charge in [-0.1, -0.05) is 49.4 Å². The Balaban J connectivity index is 1.67. The molecule has 3 rings (SSSR count). The number of fused-ring (bicyclic) bond motifs is 1. The van der Waals surface area contributed by atoms with Crippen LogP contribution in [0.1, 0.15) is 25.8 Å². The van der Waals surface area contributed by atoms with Crippen LogP contribution in [0, 0.1) is 0 Å². The van der Waals surface area contributed by atoms with Crippen molar-refractivity contribution in [3.63, 3.8) is 0 Å². The van der Waals surface area contributed by atoms with Crippen LogP contribution >= 0.6 is 11.3 Å². The number of nitrogens with zero attached hydrogens (tertiary/aromatic N) is 2. The zero-order valence-corrected chi connectivity index (χ0v) is 14.5. The minimum absolute atomic E-state index is 0.695. The molecule has 0 aliphatic heterocycles. The summed E-state index contributed by atoms with van der Waals surface area (Å²) >= 11 is 1.58. The van der Waals surface area contributed by atoms with Crippen LogP contribution in [0.4, 0.5) is 0 Å². The Morgan fingerprint density at radius 1 is 1.04 bits per heavy atom. The molecule has 1 aromatic heterocycles. The molecule has 0 atom stereocenters. The number of benzene rings is 2. The quantitative estimate of drug-likeness (QED) is 0.587. The van der Waals surface area contributed by atoms with Gasteiger partial charge >= 0.3 is 0 Å². The van der Waals surface area contributed by atoms with Crippen LogP contribution in [-0.4, -0.2) is 23.0 Å². The first-order valence-corrected chi connectivity index (χ1v) is 8.95. The summed E-state index contributed by atoms with van der Waals surface area (Å²) in [6.07, 6.45) is 1.19. The number of aromatic nitrogens is 1. The predicted molar refractivity (Wildman–Crippen MR) is 97.4 cm³/mol. The first kappa shape index (κ1) is 16.0. The zero-order valence-electron chi connectivity index (χ0n) is 13.7. The van der Waals surface area contributed by atoms with E-state index in [1.54, 1.807) is 11.3 Å². The van der Waals surface area contributed by atoms with Gasteiger partial charge < -0.3 is 4.74 Å². The van der Waals surface area contributed by atoms with Crippen molar-refractivity contribution < 1.29 is 4.74 Å². The van der Waals surface area contributed by atoms with E-state index in [0.717, 1.165) is 35.6 Å². The van der Waals surface area contributed by atoms with Gasteiger partial charge in [-0.15, -0.1) is 0 Å². The van der Waals surface area contributed by atoms with Crippen LogP contribution in [-0.2, 0) is 6.54 Å². The second-order valence-electron chi connectivity index (χ2n) is 5.56. The topological polar surface area (TPSA) is 25.4 Å². The zero-order chi connectivity index (χ0) is 16.1. The second kappa shape index (κ2) is 7.57. The van der Waals surface area contributed by atoms with Gasteiger partial charge in [0.15, 0.2) is 0 Å². The standard InChI is InChI=1S/C19H22N2OS/c1-3-13-21(4-2)14-15-9-11-16(12-10-15)22-19-20-17-7-5-6-8-18(17)23-19/h5-12H,3-4,13-14H2,1-2H3. The Morgan fingerprint density at radius 3 is 2.52 bits per heavy atom. The molecule has 3 aromatic rings. The van der Waals surface area contributed by atoms with Crippen molar-refractivity contribution in [2.24, 2.45) is 0 Å². The molecule has 0 aliphatic carbocycles. The molecule has 0 fully saturated rings. The van der Waals surface area contributed by atoms with E-state index < -0.39 is 0 Å². The van der Waals surface area contributed by atoms with Crippen molar-refractivity contribution in [2.45, 2.75) is 26.8 Å². The Morgan fingerprint density at radius 2 is 1.83 bits per heavy atom. The van der Waals surface area contributed by atoms with Gasteiger partial charge in [-0.2, -0.15) is 0 Å². The fourth-order valence-electron chi connectivity index (χ4n) is 2.58. The summed E-state index contributed by atoms with van der Waals surface area (Å²) in [5.41, 5.74) is 2.30. The Labute approximate surface area is 141 Å². The van der Waals surface area contributed by atoms with Gasteiger partial charge in [0.05, 0.1) is 10.2 Å². The lowest BCUT2D eigenvalue weighted by atomic mass is 10.2. The summed E-state index contributed by atoms with van der Waals surface area (Å²) in [6, 6.07) is 16.4. The van der Waals surface area contributed by atoms with Gasteiger partial charge in [0.2, 0.25) is 0 Å². The minimum atomic E-state index is 0.695. The van der Waals surface area contributed by atoms with E-state index in [-0.39, 0.29) is 0 Å². The number of para-hydroxylation sites is 1. The molecule has 0 amide bonds. The molecule has 0 unspecified atom stereocenters. The van der Waals surface area contributed by atoms with E-state index >= 15 is 0 Å². The van der Waals surface area contributed by atoms with Crippen molar-refractivity contribution in [2.75, 3.05) is 13.1 Å². The summed E-state index contributed by atoms with van der Waals surface area (Å²) in [5.74, 6) is 0.839. The number of thiazole rings is 1. The van der Waals surface area contributed by atoms with Crippen LogP contribution in [0.2, 0.25) is 0 Å². The van der Waals surface area contributed by atoms with Crippen LogP contribution < -0.4 is 4.74 Å². The van der Waals surface area contributed by atoms with Crippen molar-refractivity contribution in [3.8, 4) is 10.9 Å². The molecular formula is C19H22N2OS. The third kappa shape index (κ3) is 4.09. The third-order valence-electron chi connectivity index (χ3n) is 3.80. The molecule has 0 bridgehead atoms. The molecule has 2 aromatic carbocycles. The first-order chi connectivity index (χ1) is 11.3. The largest absolute Gasteiger partial charge is 0.431 e. The number of ether oxygens (including phenoxy) is 1. The molecule has 0 spiro atoms. The fraction of sp³-hybridized carbons (Fsp3) is 0.316. The van der Waals surface area contributed by atoms with E-state index in [9.17, 15) is 0 Å². The van der Waals surface area contributed by atoms with Crippen molar-refractivity contribution >= 4 is 21.6 Å². The van der Waals surface area contributed by atoms with Crippen LogP contribution in [0.5, 0.6) is 10.9 Å². The molecule has 0 aliphatic rings. The molecule has 0 saturated heterocycles. The molecule has 120 valence electrons. The van der Waals surface area contributed by atoms with Crippen molar-refractivity contribution in [1.29, 1.82) is 0 Å². The highest BCUT2D eigenvalue weighted by atomic mass is 32.1. The molecule has 3 nitrogen and oxygen atoms in total. The SMILES string of the molecule is CCCN(CC)Cc1ccc(Oc2nc3ccccc3s2)cc1. The Hall–Kier alpha value is -1.91. The van der Waals surface area contributed by atoms with Gasteiger partial charge in [-0.05, 0) is 49.3 Å². The van der Waals surface area contributed by atoms with Crippen LogP contribution in [0.25, 0.3) is 10.2 Å². The molecule has 1 heterocycles. The summed E-state index contributed by atoms with van der Waals surface area (Å²) in [6.45, 7) is 7.64. The van der Waals surface area contributed by atoms with Gasteiger partial charge in [-0.3, -0.25) is 4.90 Å². The normalized spacial score (nSPS) is 11.3. The van der Waals surface area contributed by atoms with Gasteiger partial charge in [0.1, 0.15) is 5.75 Å². The smallest absolute Gasteiger partial charge is 0.279 e. The van der Waals surface area contributed by atoms with E-state index in [1.165, 1.54) is 12.0 Å². The van der Waals surface area contributed by atoms with E-state index in [1.807, 2.05) is 30.3 Å². The maximum absolute atomic E-state index is 5.89. The molecule has 0 saturated carbocycles. The average molecular weight is 326 g/mol. The second-order valence-corrected chi connectivity index (χ2v) is 6.56. The number of hydrogen-bond donors (Lipinski definition) is 0. The van der Waals surface area contributed by atoms with Gasteiger partial charge in [0, 0.05) is 6.54 Å². The van der Waals surface area contributed by atoms with E-state index in [2.05, 4.69) is 41.9 Å². The summed E-state index contributed by atoms with van der Waals surface area (Å²) in [7, 11) is 0. The Kier molecular flexibility index (Phi) is 5.26. The lowest BCUT2D eigenvalue weighted by molar-refractivity contribution is 0.280. The monoisotopic (exact) mass is 326 g/mol. The van der Waals surface area contributed by atoms with E-state index in [4.69, 9.17) is 4.74 Å². The number of hydrogen-bond acceptors (Lipinski definition) is 4. The first-order valence-electron chi connectivity index (χ1n) is 8.13. The molecular weight excluding hydrogens is 304 g/mol. The highest BCUT2D eigenvalue weighted by Crippen LogP contribution is 2.31. The molecule has 0 radical (unpaired) electrons. The highest BCUT2D eigenvalue weighted by Gasteiger charge is 2.06. The maximum Gasteiger partial charge on any atom is 0.279 e. The summed E-state index contributed by atoms with van der Waals surface area (Å²) < 4.78 is 7.04.